The summed E-state index contributed by atoms with van der Waals surface area (Å²) in [6, 6.07) is 3.24. The summed E-state index contributed by atoms with van der Waals surface area (Å²) in [6.07, 6.45) is 4.94. The van der Waals surface area contributed by atoms with Gasteiger partial charge >= 0.3 is 0 Å². The molecule has 1 aromatic rings. The standard InChI is InChI=1S/C17H26N4O4S/c1-25-16-12-15(4-7-18-16)17(22)19-13-14-5-10-21(11-6-14)26(23,24)20-8-2-3-9-20/h4,7,12,14H,2-3,5-6,8-11,13H2,1H3,(H,19,22). The molecule has 0 aliphatic carbocycles. The number of hydrogen-bond donors (Lipinski definition) is 1. The first-order chi connectivity index (χ1) is 12.5. The van der Waals surface area contributed by atoms with Gasteiger partial charge in [-0.05, 0) is 37.7 Å². The molecule has 0 atom stereocenters. The summed E-state index contributed by atoms with van der Waals surface area (Å²) in [5.41, 5.74) is 0.505. The summed E-state index contributed by atoms with van der Waals surface area (Å²) >= 11 is 0. The van der Waals surface area contributed by atoms with E-state index in [9.17, 15) is 13.2 Å². The molecule has 3 heterocycles. The van der Waals surface area contributed by atoms with Gasteiger partial charge in [0.25, 0.3) is 16.1 Å². The van der Waals surface area contributed by atoms with Crippen molar-refractivity contribution >= 4 is 16.1 Å². The summed E-state index contributed by atoms with van der Waals surface area (Å²) in [5.74, 6) is 0.517. The first-order valence-electron chi connectivity index (χ1n) is 9.04. The van der Waals surface area contributed by atoms with Crippen LogP contribution in [-0.2, 0) is 10.2 Å². The van der Waals surface area contributed by atoms with Gasteiger partial charge in [-0.3, -0.25) is 4.79 Å². The number of hydrogen-bond acceptors (Lipinski definition) is 5. The zero-order valence-electron chi connectivity index (χ0n) is 15.1. The molecule has 26 heavy (non-hydrogen) atoms. The van der Waals surface area contributed by atoms with Crippen LogP contribution in [0.1, 0.15) is 36.0 Å². The Morgan fingerprint density at radius 2 is 1.88 bits per heavy atom. The molecule has 3 rings (SSSR count). The minimum atomic E-state index is -3.31. The molecule has 2 saturated heterocycles. The lowest BCUT2D eigenvalue weighted by molar-refractivity contribution is 0.0940. The van der Waals surface area contributed by atoms with Crippen molar-refractivity contribution in [2.75, 3.05) is 39.8 Å². The van der Waals surface area contributed by atoms with Crippen LogP contribution in [0.2, 0.25) is 0 Å². The van der Waals surface area contributed by atoms with Crippen LogP contribution in [0.15, 0.2) is 18.3 Å². The van der Waals surface area contributed by atoms with Crippen LogP contribution in [0.5, 0.6) is 5.88 Å². The second-order valence-corrected chi connectivity index (χ2v) is 8.68. The van der Waals surface area contributed by atoms with E-state index < -0.39 is 10.2 Å². The lowest BCUT2D eigenvalue weighted by Crippen LogP contribution is -2.47. The predicted octanol–water partition coefficient (Wildman–Crippen LogP) is 0.873. The smallest absolute Gasteiger partial charge is 0.281 e. The summed E-state index contributed by atoms with van der Waals surface area (Å²) in [7, 11) is -1.80. The van der Waals surface area contributed by atoms with Crippen molar-refractivity contribution in [3.05, 3.63) is 23.9 Å². The quantitative estimate of drug-likeness (QED) is 0.788. The van der Waals surface area contributed by atoms with Crippen molar-refractivity contribution in [1.29, 1.82) is 0 Å². The number of methoxy groups -OCH3 is 1. The molecular formula is C17H26N4O4S. The predicted molar refractivity (Wildman–Crippen MR) is 97.1 cm³/mol. The number of nitrogens with one attached hydrogen (secondary N) is 1. The molecule has 2 aliphatic heterocycles. The van der Waals surface area contributed by atoms with E-state index in [0.29, 0.717) is 44.2 Å². The average Bonchev–Trinajstić information content (AvgIpc) is 3.22. The minimum absolute atomic E-state index is 0.169. The highest BCUT2D eigenvalue weighted by Gasteiger charge is 2.34. The van der Waals surface area contributed by atoms with Crippen molar-refractivity contribution in [2.24, 2.45) is 5.92 Å². The van der Waals surface area contributed by atoms with Gasteiger partial charge in [0.05, 0.1) is 7.11 Å². The molecule has 0 aromatic carbocycles. The maximum absolute atomic E-state index is 12.6. The normalized spacial score (nSPS) is 20.2. The number of amides is 1. The highest BCUT2D eigenvalue weighted by molar-refractivity contribution is 7.86. The Labute approximate surface area is 154 Å². The Morgan fingerprint density at radius 1 is 1.23 bits per heavy atom. The van der Waals surface area contributed by atoms with Gasteiger partial charge in [0, 0.05) is 50.6 Å². The van der Waals surface area contributed by atoms with Gasteiger partial charge in [-0.1, -0.05) is 0 Å². The Morgan fingerprint density at radius 3 is 2.54 bits per heavy atom. The Balaban J connectivity index is 1.47. The van der Waals surface area contributed by atoms with Crippen LogP contribution in [0, 0.1) is 5.92 Å². The Kier molecular flexibility index (Phi) is 6.10. The van der Waals surface area contributed by atoms with Crippen LogP contribution in [-0.4, -0.2) is 67.8 Å². The van der Waals surface area contributed by atoms with Gasteiger partial charge in [0.2, 0.25) is 5.88 Å². The van der Waals surface area contributed by atoms with Gasteiger partial charge in [-0.15, -0.1) is 0 Å². The first-order valence-corrected chi connectivity index (χ1v) is 10.4. The minimum Gasteiger partial charge on any atom is -0.481 e. The largest absolute Gasteiger partial charge is 0.481 e. The van der Waals surface area contributed by atoms with E-state index in [-0.39, 0.29) is 11.8 Å². The molecule has 1 N–H and O–H groups in total. The number of aromatic nitrogens is 1. The van der Waals surface area contributed by atoms with E-state index in [1.165, 1.54) is 13.3 Å². The molecule has 0 spiro atoms. The number of carbonyl (C=O) groups is 1. The summed E-state index contributed by atoms with van der Waals surface area (Å²) in [5, 5.41) is 2.93. The Bertz CT molecular complexity index is 726. The zero-order chi connectivity index (χ0) is 18.6. The molecule has 2 aliphatic rings. The fourth-order valence-corrected chi connectivity index (χ4v) is 5.15. The number of nitrogens with zero attached hydrogens (tertiary/aromatic N) is 3. The van der Waals surface area contributed by atoms with E-state index in [2.05, 4.69) is 10.3 Å². The van der Waals surface area contributed by atoms with Crippen molar-refractivity contribution in [3.63, 3.8) is 0 Å². The highest BCUT2D eigenvalue weighted by atomic mass is 32.2. The maximum Gasteiger partial charge on any atom is 0.281 e. The van der Waals surface area contributed by atoms with Gasteiger partial charge < -0.3 is 10.1 Å². The molecule has 2 fully saturated rings. The monoisotopic (exact) mass is 382 g/mol. The lowest BCUT2D eigenvalue weighted by atomic mass is 9.98. The molecule has 8 nitrogen and oxygen atoms in total. The molecule has 0 radical (unpaired) electrons. The van der Waals surface area contributed by atoms with E-state index >= 15 is 0 Å². The molecule has 0 saturated carbocycles. The van der Waals surface area contributed by atoms with E-state index in [0.717, 1.165) is 25.7 Å². The summed E-state index contributed by atoms with van der Waals surface area (Å²) in [4.78, 5) is 16.2. The van der Waals surface area contributed by atoms with E-state index in [1.54, 1.807) is 20.7 Å². The fraction of sp³-hybridized carbons (Fsp3) is 0.647. The van der Waals surface area contributed by atoms with Crippen molar-refractivity contribution in [1.82, 2.24) is 18.9 Å². The van der Waals surface area contributed by atoms with Gasteiger partial charge in [-0.2, -0.15) is 17.0 Å². The molecular weight excluding hydrogens is 356 g/mol. The van der Waals surface area contributed by atoms with Gasteiger partial charge in [0.15, 0.2) is 0 Å². The number of pyridine rings is 1. The second-order valence-electron chi connectivity index (χ2n) is 6.75. The highest BCUT2D eigenvalue weighted by Crippen LogP contribution is 2.23. The van der Waals surface area contributed by atoms with Gasteiger partial charge in [-0.25, -0.2) is 4.98 Å². The van der Waals surface area contributed by atoms with Crippen molar-refractivity contribution in [2.45, 2.75) is 25.7 Å². The number of ether oxygens (including phenoxy) is 1. The number of carbonyl (C=O) groups excluding carboxylic acids is 1. The van der Waals surface area contributed by atoms with E-state index in [1.807, 2.05) is 0 Å². The second kappa shape index (κ2) is 8.32. The Hall–Kier alpha value is -1.71. The van der Waals surface area contributed by atoms with Crippen LogP contribution >= 0.6 is 0 Å². The fourth-order valence-electron chi connectivity index (χ4n) is 3.43. The van der Waals surface area contributed by atoms with Crippen molar-refractivity contribution in [3.8, 4) is 5.88 Å². The maximum atomic E-state index is 12.6. The number of piperidine rings is 1. The average molecular weight is 382 g/mol. The molecule has 0 unspecified atom stereocenters. The lowest BCUT2D eigenvalue weighted by Gasteiger charge is -2.33. The SMILES string of the molecule is COc1cc(C(=O)NCC2CCN(S(=O)(=O)N3CCCC3)CC2)ccn1. The molecule has 144 valence electrons. The van der Waals surface area contributed by atoms with Gasteiger partial charge in [0.1, 0.15) is 0 Å². The molecule has 9 heteroatoms. The topological polar surface area (TPSA) is 91.8 Å². The summed E-state index contributed by atoms with van der Waals surface area (Å²) in [6.45, 7) is 2.84. The number of rotatable bonds is 6. The van der Waals surface area contributed by atoms with E-state index in [4.69, 9.17) is 4.74 Å². The molecule has 0 bridgehead atoms. The first kappa shape index (κ1) is 19.1. The van der Waals surface area contributed by atoms with Crippen LogP contribution < -0.4 is 10.1 Å². The van der Waals surface area contributed by atoms with Crippen LogP contribution in [0.25, 0.3) is 0 Å². The van der Waals surface area contributed by atoms with Crippen molar-refractivity contribution < 1.29 is 17.9 Å². The summed E-state index contributed by atoms with van der Waals surface area (Å²) < 4.78 is 33.3. The zero-order valence-corrected chi connectivity index (χ0v) is 15.9. The third-order valence-electron chi connectivity index (χ3n) is 5.05. The third kappa shape index (κ3) is 4.33. The molecule has 1 aromatic heterocycles. The molecule has 1 amide bonds. The third-order valence-corrected chi connectivity index (χ3v) is 7.08. The van der Waals surface area contributed by atoms with Crippen LogP contribution in [0.3, 0.4) is 0 Å². The van der Waals surface area contributed by atoms with Crippen LogP contribution in [0.4, 0.5) is 0 Å².